The summed E-state index contributed by atoms with van der Waals surface area (Å²) in [5.74, 6) is 1.48. The lowest BCUT2D eigenvalue weighted by Gasteiger charge is -2.39. The van der Waals surface area contributed by atoms with Crippen molar-refractivity contribution in [2.24, 2.45) is 5.92 Å². The van der Waals surface area contributed by atoms with E-state index in [9.17, 15) is 9.18 Å². The number of likely N-dealkylation sites (tertiary alicyclic amines) is 1. The average Bonchev–Trinajstić information content (AvgIpc) is 3.35. The number of carbonyl (C=O) groups is 1. The van der Waals surface area contributed by atoms with Gasteiger partial charge in [-0.15, -0.1) is 0 Å². The summed E-state index contributed by atoms with van der Waals surface area (Å²) in [7, 11) is 0. The van der Waals surface area contributed by atoms with Crippen LogP contribution in [0.25, 0.3) is 16.7 Å². The molecule has 3 aromatic carbocycles. The second-order valence-corrected chi connectivity index (χ2v) is 11.5. The van der Waals surface area contributed by atoms with Crippen LogP contribution in [-0.4, -0.2) is 64.5 Å². The maximum atomic E-state index is 13.7. The smallest absolute Gasteiger partial charge is 0.227 e. The molecule has 0 radical (unpaired) electrons. The van der Waals surface area contributed by atoms with Crippen LogP contribution >= 0.6 is 0 Å². The van der Waals surface area contributed by atoms with Gasteiger partial charge in [-0.3, -0.25) is 14.3 Å². The summed E-state index contributed by atoms with van der Waals surface area (Å²) in [6, 6.07) is 23.5. The van der Waals surface area contributed by atoms with Crippen LogP contribution < -0.4 is 4.90 Å². The molecule has 0 spiro atoms. The highest BCUT2D eigenvalue weighted by Crippen LogP contribution is 2.27. The third-order valence-corrected chi connectivity index (χ3v) is 8.45. The van der Waals surface area contributed by atoms with Gasteiger partial charge < -0.3 is 9.80 Å². The zero-order chi connectivity index (χ0) is 27.6. The number of piperidine rings is 1. The average molecular weight is 540 g/mol. The first-order valence-corrected chi connectivity index (χ1v) is 14.5. The highest BCUT2D eigenvalue weighted by molar-refractivity contribution is 5.80. The maximum Gasteiger partial charge on any atom is 0.227 e. The highest BCUT2D eigenvalue weighted by atomic mass is 19.1. The van der Waals surface area contributed by atoms with Crippen molar-refractivity contribution in [2.45, 2.75) is 39.2 Å². The lowest BCUT2D eigenvalue weighted by Crippen LogP contribution is -2.52. The Bertz CT molecular complexity index is 1450. The van der Waals surface area contributed by atoms with Gasteiger partial charge in [0.1, 0.15) is 11.6 Å². The predicted octanol–water partition coefficient (Wildman–Crippen LogP) is 5.85. The van der Waals surface area contributed by atoms with Crippen LogP contribution in [-0.2, 0) is 11.3 Å². The van der Waals surface area contributed by atoms with Crippen LogP contribution in [0.3, 0.4) is 0 Å². The minimum absolute atomic E-state index is 0.00859. The van der Waals surface area contributed by atoms with Crippen molar-refractivity contribution in [3.05, 3.63) is 90.0 Å². The summed E-state index contributed by atoms with van der Waals surface area (Å²) >= 11 is 0. The summed E-state index contributed by atoms with van der Waals surface area (Å²) in [5.41, 5.74) is 5.41. The maximum absolute atomic E-state index is 13.7. The molecule has 0 aliphatic carbocycles. The van der Waals surface area contributed by atoms with E-state index in [4.69, 9.17) is 4.98 Å². The lowest BCUT2D eigenvalue weighted by molar-refractivity contribution is -0.137. The monoisotopic (exact) mass is 539 g/mol. The van der Waals surface area contributed by atoms with Gasteiger partial charge in [-0.05, 0) is 79.4 Å². The Labute approximate surface area is 236 Å². The Hall–Kier alpha value is -3.71. The fourth-order valence-corrected chi connectivity index (χ4v) is 6.17. The van der Waals surface area contributed by atoms with Crippen molar-refractivity contribution in [2.75, 3.05) is 44.2 Å². The topological polar surface area (TPSA) is 44.6 Å². The molecule has 4 aromatic rings. The number of para-hydroxylation sites is 2. The van der Waals surface area contributed by atoms with E-state index in [0.717, 1.165) is 74.7 Å². The van der Waals surface area contributed by atoms with E-state index in [2.05, 4.69) is 63.4 Å². The molecule has 40 heavy (non-hydrogen) atoms. The molecule has 6 rings (SSSR count). The number of benzene rings is 3. The van der Waals surface area contributed by atoms with Gasteiger partial charge in [-0.1, -0.05) is 38.1 Å². The van der Waals surface area contributed by atoms with Gasteiger partial charge in [0.25, 0.3) is 0 Å². The third-order valence-electron chi connectivity index (χ3n) is 8.45. The van der Waals surface area contributed by atoms with Crippen molar-refractivity contribution >= 4 is 22.6 Å². The van der Waals surface area contributed by atoms with E-state index in [1.807, 2.05) is 18.2 Å². The quantitative estimate of drug-likeness (QED) is 0.308. The van der Waals surface area contributed by atoms with E-state index in [1.165, 1.54) is 23.4 Å². The number of halogens is 1. The first kappa shape index (κ1) is 26.5. The molecule has 7 heteroatoms. The molecule has 1 amide bonds. The number of hydrogen-bond donors (Lipinski definition) is 0. The molecule has 208 valence electrons. The number of rotatable bonds is 6. The number of hydrogen-bond acceptors (Lipinski definition) is 4. The van der Waals surface area contributed by atoms with Crippen LogP contribution in [0.4, 0.5) is 10.1 Å². The van der Waals surface area contributed by atoms with Crippen molar-refractivity contribution < 1.29 is 9.18 Å². The van der Waals surface area contributed by atoms with E-state index in [-0.39, 0.29) is 17.6 Å². The molecular weight excluding hydrogens is 501 g/mol. The molecule has 2 aliphatic rings. The summed E-state index contributed by atoms with van der Waals surface area (Å²) in [6.07, 6.45) is 1.93. The van der Waals surface area contributed by atoms with Gasteiger partial charge in [0, 0.05) is 44.1 Å². The Kier molecular flexibility index (Phi) is 7.57. The first-order chi connectivity index (χ1) is 19.5. The standard InChI is InChI=1S/C33H38FN5O/c1-24(2)25-9-13-28(14-10-25)37-18-20-38(21-19-37)33(40)26-6-5-17-36(22-26)23-32-35-30-7-3-4-8-31(30)39(32)29-15-11-27(34)12-16-29/h3-4,7-16,24,26H,5-6,17-23H2,1-2H3/t26-/m0/s1. The lowest BCUT2D eigenvalue weighted by atomic mass is 9.96. The van der Waals surface area contributed by atoms with Crippen molar-refractivity contribution in [1.82, 2.24) is 19.4 Å². The number of carbonyl (C=O) groups excluding carboxylic acids is 1. The van der Waals surface area contributed by atoms with Gasteiger partial charge >= 0.3 is 0 Å². The molecule has 0 unspecified atom stereocenters. The Balaban J connectivity index is 1.11. The molecule has 2 aliphatic heterocycles. The van der Waals surface area contributed by atoms with E-state index < -0.39 is 0 Å². The zero-order valence-corrected chi connectivity index (χ0v) is 23.5. The summed E-state index contributed by atoms with van der Waals surface area (Å²) in [4.78, 5) is 25.4. The minimum atomic E-state index is -0.253. The van der Waals surface area contributed by atoms with Crippen molar-refractivity contribution in [3.8, 4) is 5.69 Å². The van der Waals surface area contributed by atoms with Crippen LogP contribution in [0, 0.1) is 11.7 Å². The number of piperazine rings is 1. The molecule has 1 atom stereocenters. The molecule has 6 nitrogen and oxygen atoms in total. The second kappa shape index (κ2) is 11.4. The number of anilines is 1. The van der Waals surface area contributed by atoms with Crippen LogP contribution in [0.2, 0.25) is 0 Å². The number of amides is 1. The second-order valence-electron chi connectivity index (χ2n) is 11.5. The molecule has 3 heterocycles. The SMILES string of the molecule is CC(C)c1ccc(N2CCN(C(=O)[C@H]3CCCN(Cc4nc5ccccc5n4-c4ccc(F)cc4)C3)CC2)cc1. The van der Waals surface area contributed by atoms with E-state index >= 15 is 0 Å². The number of aromatic nitrogens is 2. The molecular formula is C33H38FN5O. The van der Waals surface area contributed by atoms with Gasteiger partial charge in [-0.25, -0.2) is 9.37 Å². The minimum Gasteiger partial charge on any atom is -0.368 e. The fourth-order valence-electron chi connectivity index (χ4n) is 6.17. The van der Waals surface area contributed by atoms with Gasteiger partial charge in [0.2, 0.25) is 5.91 Å². The summed E-state index contributed by atoms with van der Waals surface area (Å²) < 4.78 is 15.8. The zero-order valence-electron chi connectivity index (χ0n) is 23.5. The van der Waals surface area contributed by atoms with Crippen LogP contribution in [0.15, 0.2) is 72.8 Å². The van der Waals surface area contributed by atoms with Crippen molar-refractivity contribution in [1.29, 1.82) is 0 Å². The Morgan fingerprint density at radius 3 is 2.33 bits per heavy atom. The normalized spacial score (nSPS) is 18.6. The Morgan fingerprint density at radius 2 is 1.60 bits per heavy atom. The third kappa shape index (κ3) is 5.48. The Morgan fingerprint density at radius 1 is 0.900 bits per heavy atom. The van der Waals surface area contributed by atoms with Gasteiger partial charge in [0.05, 0.1) is 23.5 Å². The predicted molar refractivity (Wildman–Crippen MR) is 158 cm³/mol. The molecule has 0 saturated carbocycles. The summed E-state index contributed by atoms with van der Waals surface area (Å²) in [5, 5.41) is 0. The highest BCUT2D eigenvalue weighted by Gasteiger charge is 2.32. The molecule has 2 saturated heterocycles. The van der Waals surface area contributed by atoms with Gasteiger partial charge in [0.15, 0.2) is 0 Å². The largest absolute Gasteiger partial charge is 0.368 e. The number of fused-ring (bicyclic) bond motifs is 1. The number of imidazole rings is 1. The molecule has 0 bridgehead atoms. The van der Waals surface area contributed by atoms with Crippen LogP contribution in [0.5, 0.6) is 0 Å². The molecule has 1 aromatic heterocycles. The molecule has 0 N–H and O–H groups in total. The van der Waals surface area contributed by atoms with Crippen LogP contribution in [0.1, 0.15) is 44.0 Å². The van der Waals surface area contributed by atoms with E-state index in [0.29, 0.717) is 12.5 Å². The molecule has 2 fully saturated rings. The first-order valence-electron chi connectivity index (χ1n) is 14.5. The van der Waals surface area contributed by atoms with Crippen molar-refractivity contribution in [3.63, 3.8) is 0 Å². The van der Waals surface area contributed by atoms with Gasteiger partial charge in [-0.2, -0.15) is 0 Å². The summed E-state index contributed by atoms with van der Waals surface area (Å²) in [6.45, 7) is 10.0. The number of nitrogens with zero attached hydrogens (tertiary/aromatic N) is 5. The van der Waals surface area contributed by atoms with E-state index in [1.54, 1.807) is 12.1 Å². The fraction of sp³-hybridized carbons (Fsp3) is 0.394.